The molecule has 1 aromatic heterocycles. The van der Waals surface area contributed by atoms with Gasteiger partial charge in [-0.15, -0.1) is 0 Å². The third kappa shape index (κ3) is 4.07. The third-order valence-corrected chi connectivity index (χ3v) is 6.15. The molecule has 1 amide bonds. The predicted octanol–water partition coefficient (Wildman–Crippen LogP) is 2.35. The van der Waals surface area contributed by atoms with Crippen LogP contribution in [0.4, 0.5) is 13.2 Å². The van der Waals surface area contributed by atoms with Crippen LogP contribution in [0.15, 0.2) is 42.5 Å². The van der Waals surface area contributed by atoms with Crippen LogP contribution in [0.1, 0.15) is 22.0 Å². The number of carbonyl (C=O) groups excluding carboxylic acids is 1. The summed E-state index contributed by atoms with van der Waals surface area (Å²) in [6, 6.07) is 8.23. The van der Waals surface area contributed by atoms with Crippen molar-refractivity contribution >= 4 is 5.91 Å². The molecular formula is C22H18F3N5O6. The van der Waals surface area contributed by atoms with Gasteiger partial charge < -0.3 is 29.0 Å². The number of carbonyl (C=O) groups is 1. The molecule has 0 saturated carbocycles. The van der Waals surface area contributed by atoms with E-state index in [4.69, 9.17) is 23.7 Å². The summed E-state index contributed by atoms with van der Waals surface area (Å²) in [6.45, 7) is 0.482. The van der Waals surface area contributed by atoms with Crippen LogP contribution in [0.3, 0.4) is 0 Å². The minimum atomic E-state index is -4.48. The molecule has 188 valence electrons. The van der Waals surface area contributed by atoms with Crippen molar-refractivity contribution in [2.24, 2.45) is 0 Å². The summed E-state index contributed by atoms with van der Waals surface area (Å²) in [5.41, 5.74) is -0.730. The van der Waals surface area contributed by atoms with Crippen LogP contribution in [0.5, 0.6) is 23.3 Å². The summed E-state index contributed by atoms with van der Waals surface area (Å²) in [5.74, 6) is 1.07. The van der Waals surface area contributed by atoms with Crippen LogP contribution in [-0.4, -0.2) is 64.4 Å². The largest absolute Gasteiger partial charge is 0.454 e. The van der Waals surface area contributed by atoms with Gasteiger partial charge in [0.25, 0.3) is 5.91 Å². The molecular weight excluding hydrogens is 487 g/mol. The number of rotatable bonds is 5. The van der Waals surface area contributed by atoms with Gasteiger partial charge in [0, 0.05) is 11.6 Å². The number of fused-ring (bicyclic) bond motifs is 2. The van der Waals surface area contributed by atoms with Gasteiger partial charge >= 0.3 is 12.2 Å². The fourth-order valence-corrected chi connectivity index (χ4v) is 4.38. The van der Waals surface area contributed by atoms with Gasteiger partial charge in [-0.3, -0.25) is 4.79 Å². The highest BCUT2D eigenvalue weighted by Gasteiger charge is 2.50. The summed E-state index contributed by atoms with van der Waals surface area (Å²) >= 11 is 0. The van der Waals surface area contributed by atoms with Gasteiger partial charge in [-0.1, -0.05) is 5.10 Å². The normalized spacial score (nSPS) is 24.5. The highest BCUT2D eigenvalue weighted by atomic mass is 19.4. The van der Waals surface area contributed by atoms with Gasteiger partial charge in [0.15, 0.2) is 11.5 Å². The Balaban J connectivity index is 1.12. The molecule has 2 saturated heterocycles. The van der Waals surface area contributed by atoms with E-state index in [0.29, 0.717) is 17.2 Å². The predicted molar refractivity (Wildman–Crippen MR) is 112 cm³/mol. The highest BCUT2D eigenvalue weighted by Crippen LogP contribution is 2.38. The van der Waals surface area contributed by atoms with Gasteiger partial charge in [0.1, 0.15) is 24.0 Å². The zero-order valence-electron chi connectivity index (χ0n) is 18.3. The monoisotopic (exact) mass is 505 g/mol. The summed E-state index contributed by atoms with van der Waals surface area (Å²) in [6.07, 6.45) is -5.46. The Kier molecular flexibility index (Phi) is 5.41. The minimum absolute atomic E-state index is 0.0980. The molecule has 2 aromatic carbocycles. The lowest BCUT2D eigenvalue weighted by atomic mass is 10.1. The molecule has 0 aliphatic carbocycles. The number of nitrogens with zero attached hydrogens (tertiary/aromatic N) is 4. The molecule has 0 spiro atoms. The molecule has 14 heteroatoms. The van der Waals surface area contributed by atoms with Crippen LogP contribution in [0.25, 0.3) is 0 Å². The molecule has 4 atom stereocenters. The topological polar surface area (TPSA) is 119 Å². The van der Waals surface area contributed by atoms with Gasteiger partial charge in [0.2, 0.25) is 6.79 Å². The van der Waals surface area contributed by atoms with Gasteiger partial charge in [-0.25, -0.2) is 0 Å². The molecule has 3 aromatic rings. The Bertz CT molecular complexity index is 1280. The molecule has 2 fully saturated rings. The molecule has 0 bridgehead atoms. The molecule has 6 rings (SSSR count). The molecule has 4 heterocycles. The van der Waals surface area contributed by atoms with Crippen molar-refractivity contribution < 1.29 is 41.7 Å². The number of ether oxygens (including phenoxy) is 5. The van der Waals surface area contributed by atoms with E-state index in [2.05, 4.69) is 20.8 Å². The number of nitrogens with one attached hydrogen (secondary N) is 1. The van der Waals surface area contributed by atoms with Crippen molar-refractivity contribution in [1.29, 1.82) is 0 Å². The number of aromatic nitrogens is 4. The van der Waals surface area contributed by atoms with E-state index in [1.165, 1.54) is 4.68 Å². The first kappa shape index (κ1) is 22.5. The lowest BCUT2D eigenvalue weighted by molar-refractivity contribution is -0.137. The Labute approximate surface area is 201 Å². The van der Waals surface area contributed by atoms with E-state index in [9.17, 15) is 18.0 Å². The minimum Gasteiger partial charge on any atom is -0.454 e. The van der Waals surface area contributed by atoms with Crippen molar-refractivity contribution in [3.8, 4) is 23.3 Å². The molecule has 3 aliphatic heterocycles. The molecule has 0 unspecified atom stereocenters. The maximum atomic E-state index is 12.8. The van der Waals surface area contributed by atoms with Crippen LogP contribution in [0.2, 0.25) is 0 Å². The Morgan fingerprint density at radius 2 is 1.81 bits per heavy atom. The summed E-state index contributed by atoms with van der Waals surface area (Å²) < 4.78 is 68.1. The fourth-order valence-electron chi connectivity index (χ4n) is 4.38. The van der Waals surface area contributed by atoms with Crippen LogP contribution >= 0.6 is 0 Å². The summed E-state index contributed by atoms with van der Waals surface area (Å²) in [5, 5.41) is 14.4. The Morgan fingerprint density at radius 1 is 1.03 bits per heavy atom. The standard InChI is InChI=1S/C22H18F3N5O6/c23-22(24,25)12-3-1-11(2-4-12)20(31)26-14-8-32-19-15(9-33-18(14)19)30-21(27-28-29-30)36-13-5-6-16-17(7-13)35-10-34-16/h1-7,14-15,18-19H,8-10H2,(H,26,31)/t14-,15-,18+,19+/m0/s1. The maximum Gasteiger partial charge on any atom is 0.416 e. The number of alkyl halides is 3. The second-order valence-electron chi connectivity index (χ2n) is 8.34. The van der Waals surface area contributed by atoms with Crippen LogP contribution in [0, 0.1) is 0 Å². The van der Waals surface area contributed by atoms with E-state index in [1.807, 2.05) is 0 Å². The number of amides is 1. The number of tetrazole rings is 1. The van der Waals surface area contributed by atoms with Crippen molar-refractivity contribution in [3.63, 3.8) is 0 Å². The van der Waals surface area contributed by atoms with Crippen LogP contribution < -0.4 is 19.5 Å². The van der Waals surface area contributed by atoms with Gasteiger partial charge in [-0.2, -0.15) is 17.9 Å². The summed E-state index contributed by atoms with van der Waals surface area (Å²) in [7, 11) is 0. The van der Waals surface area contributed by atoms with Gasteiger partial charge in [-0.05, 0) is 46.8 Å². The lowest BCUT2D eigenvalue weighted by Crippen LogP contribution is -2.44. The number of benzene rings is 2. The first-order valence-corrected chi connectivity index (χ1v) is 10.9. The third-order valence-electron chi connectivity index (χ3n) is 6.15. The SMILES string of the molecule is O=C(N[C@H]1CO[C@H]2[C@@H]1OC[C@@H]2n1nnnc1Oc1ccc2c(c1)OCO2)c1ccc(C(F)(F)F)cc1. The smallest absolute Gasteiger partial charge is 0.416 e. The van der Waals surface area contributed by atoms with Gasteiger partial charge in [0.05, 0.1) is 24.8 Å². The molecule has 36 heavy (non-hydrogen) atoms. The van der Waals surface area contributed by atoms with E-state index in [-0.39, 0.29) is 31.6 Å². The van der Waals surface area contributed by atoms with E-state index in [0.717, 1.165) is 24.3 Å². The quantitative estimate of drug-likeness (QED) is 0.557. The second kappa shape index (κ2) is 8.64. The lowest BCUT2D eigenvalue weighted by Gasteiger charge is -2.18. The molecule has 0 radical (unpaired) electrons. The van der Waals surface area contributed by atoms with Crippen LogP contribution in [-0.2, 0) is 15.7 Å². The average Bonchev–Trinajstić information content (AvgIpc) is 3.64. The first-order valence-electron chi connectivity index (χ1n) is 10.9. The second-order valence-corrected chi connectivity index (χ2v) is 8.34. The number of hydrogen-bond acceptors (Lipinski definition) is 9. The zero-order valence-corrected chi connectivity index (χ0v) is 18.3. The van der Waals surface area contributed by atoms with Crippen molar-refractivity contribution in [2.75, 3.05) is 20.0 Å². The Hall–Kier alpha value is -3.91. The van der Waals surface area contributed by atoms with Crippen molar-refractivity contribution in [1.82, 2.24) is 25.5 Å². The van der Waals surface area contributed by atoms with E-state index >= 15 is 0 Å². The molecule has 1 N–H and O–H groups in total. The Morgan fingerprint density at radius 3 is 2.61 bits per heavy atom. The average molecular weight is 505 g/mol. The van der Waals surface area contributed by atoms with Crippen molar-refractivity contribution in [3.05, 3.63) is 53.6 Å². The number of hydrogen-bond donors (Lipinski definition) is 1. The first-order chi connectivity index (χ1) is 17.4. The summed E-state index contributed by atoms with van der Waals surface area (Å²) in [4.78, 5) is 12.6. The zero-order chi connectivity index (χ0) is 24.9. The van der Waals surface area contributed by atoms with E-state index in [1.54, 1.807) is 18.2 Å². The molecule has 11 nitrogen and oxygen atoms in total. The van der Waals surface area contributed by atoms with Crippen molar-refractivity contribution in [2.45, 2.75) is 30.5 Å². The highest BCUT2D eigenvalue weighted by molar-refractivity contribution is 5.94. The fraction of sp³-hybridized carbons (Fsp3) is 0.364. The van der Waals surface area contributed by atoms with E-state index < -0.39 is 41.9 Å². The maximum absolute atomic E-state index is 12.8. The number of halogens is 3. The molecule has 3 aliphatic rings.